The number of benzene rings is 1. The third-order valence-electron chi connectivity index (χ3n) is 2.87. The molecule has 0 unspecified atom stereocenters. The number of hydrogen-bond acceptors (Lipinski definition) is 4. The monoisotopic (exact) mass is 276 g/mol. The molecule has 100 valence electrons. The third kappa shape index (κ3) is 3.14. The standard InChI is InChI=1S/C13H16N4OS/c1-9-4-5-10(19-3)6-11(9)13(18)17(2)7-12-14-8-15-16-12/h4-6,8H,7H2,1-3H3,(H,14,15,16). The quantitative estimate of drug-likeness (QED) is 0.869. The number of hydrogen-bond donors (Lipinski definition) is 1. The van der Waals surface area contributed by atoms with E-state index in [0.29, 0.717) is 12.4 Å². The molecular weight excluding hydrogens is 260 g/mol. The number of nitrogens with one attached hydrogen (secondary N) is 1. The Morgan fingerprint density at radius 1 is 1.47 bits per heavy atom. The molecule has 1 aromatic heterocycles. The maximum atomic E-state index is 12.4. The van der Waals surface area contributed by atoms with Gasteiger partial charge in [0.2, 0.25) is 0 Å². The van der Waals surface area contributed by atoms with Gasteiger partial charge in [0, 0.05) is 17.5 Å². The van der Waals surface area contributed by atoms with Gasteiger partial charge >= 0.3 is 0 Å². The van der Waals surface area contributed by atoms with Crippen molar-refractivity contribution in [3.63, 3.8) is 0 Å². The first-order valence-corrected chi connectivity index (χ1v) is 7.08. The molecule has 0 spiro atoms. The number of nitrogens with zero attached hydrogens (tertiary/aromatic N) is 3. The predicted octanol–water partition coefficient (Wildman–Crippen LogP) is 2.11. The summed E-state index contributed by atoms with van der Waals surface area (Å²) in [6.45, 7) is 2.36. The van der Waals surface area contributed by atoms with Gasteiger partial charge in [-0.05, 0) is 30.9 Å². The highest BCUT2D eigenvalue weighted by Crippen LogP contribution is 2.20. The van der Waals surface area contributed by atoms with E-state index in [1.807, 2.05) is 31.4 Å². The summed E-state index contributed by atoms with van der Waals surface area (Å²) in [6.07, 6.45) is 3.43. The van der Waals surface area contributed by atoms with Crippen LogP contribution in [0.2, 0.25) is 0 Å². The number of H-pyrrole nitrogens is 1. The zero-order valence-electron chi connectivity index (χ0n) is 11.2. The summed E-state index contributed by atoms with van der Waals surface area (Å²) < 4.78 is 0. The second-order valence-corrected chi connectivity index (χ2v) is 5.15. The summed E-state index contributed by atoms with van der Waals surface area (Å²) in [7, 11) is 1.76. The molecule has 19 heavy (non-hydrogen) atoms. The first kappa shape index (κ1) is 13.6. The molecule has 0 aliphatic heterocycles. The molecule has 2 aromatic rings. The Labute approximate surface area is 116 Å². The molecule has 1 amide bonds. The highest BCUT2D eigenvalue weighted by molar-refractivity contribution is 7.98. The van der Waals surface area contributed by atoms with Gasteiger partial charge in [-0.15, -0.1) is 11.8 Å². The first-order valence-electron chi connectivity index (χ1n) is 5.86. The van der Waals surface area contributed by atoms with Gasteiger partial charge in [0.1, 0.15) is 12.2 Å². The topological polar surface area (TPSA) is 61.9 Å². The van der Waals surface area contributed by atoms with Crippen LogP contribution in [0.3, 0.4) is 0 Å². The lowest BCUT2D eigenvalue weighted by Gasteiger charge is -2.17. The molecule has 1 aromatic carbocycles. The highest BCUT2D eigenvalue weighted by atomic mass is 32.2. The Hall–Kier alpha value is -1.82. The fourth-order valence-electron chi connectivity index (χ4n) is 1.77. The fourth-order valence-corrected chi connectivity index (χ4v) is 2.21. The molecule has 0 aliphatic rings. The van der Waals surface area contributed by atoms with Gasteiger partial charge < -0.3 is 4.90 Å². The van der Waals surface area contributed by atoms with Gasteiger partial charge in [0.05, 0.1) is 6.54 Å². The first-order chi connectivity index (χ1) is 9.11. The van der Waals surface area contributed by atoms with Crippen LogP contribution >= 0.6 is 11.8 Å². The molecule has 2 rings (SSSR count). The minimum Gasteiger partial charge on any atom is -0.334 e. The molecule has 1 N–H and O–H groups in total. The molecule has 0 aliphatic carbocycles. The van der Waals surface area contributed by atoms with Crippen LogP contribution in [0, 0.1) is 6.92 Å². The van der Waals surface area contributed by atoms with Crippen molar-refractivity contribution < 1.29 is 4.79 Å². The number of thioether (sulfide) groups is 1. The summed E-state index contributed by atoms with van der Waals surface area (Å²) >= 11 is 1.63. The molecule has 6 heteroatoms. The molecule has 1 heterocycles. The maximum absolute atomic E-state index is 12.4. The number of rotatable bonds is 4. The molecular formula is C13H16N4OS. The lowest BCUT2D eigenvalue weighted by atomic mass is 10.1. The van der Waals surface area contributed by atoms with Crippen LogP contribution in [0.1, 0.15) is 21.7 Å². The Balaban J connectivity index is 2.18. The molecule has 5 nitrogen and oxygen atoms in total. The third-order valence-corrected chi connectivity index (χ3v) is 3.60. The van der Waals surface area contributed by atoms with Crippen LogP contribution in [0.5, 0.6) is 0 Å². The second kappa shape index (κ2) is 5.88. The van der Waals surface area contributed by atoms with Gasteiger partial charge in [0.15, 0.2) is 0 Å². The molecule has 0 saturated heterocycles. The van der Waals surface area contributed by atoms with Crippen molar-refractivity contribution in [1.29, 1.82) is 0 Å². The fraction of sp³-hybridized carbons (Fsp3) is 0.308. The Bertz CT molecular complexity index is 568. The van der Waals surface area contributed by atoms with E-state index >= 15 is 0 Å². The van der Waals surface area contributed by atoms with E-state index in [4.69, 9.17) is 0 Å². The Kier molecular flexibility index (Phi) is 4.21. The number of carbonyl (C=O) groups excluding carboxylic acids is 1. The van der Waals surface area contributed by atoms with Crippen molar-refractivity contribution in [2.24, 2.45) is 0 Å². The molecule has 0 fully saturated rings. The van der Waals surface area contributed by atoms with Crippen LogP contribution in [0.4, 0.5) is 0 Å². The normalized spacial score (nSPS) is 10.5. The Morgan fingerprint density at radius 2 is 2.26 bits per heavy atom. The molecule has 0 radical (unpaired) electrons. The van der Waals surface area contributed by atoms with Gasteiger partial charge in [-0.25, -0.2) is 4.98 Å². The van der Waals surface area contributed by atoms with Gasteiger partial charge in [0.25, 0.3) is 5.91 Å². The Morgan fingerprint density at radius 3 is 2.89 bits per heavy atom. The number of aryl methyl sites for hydroxylation is 1. The summed E-state index contributed by atoms with van der Waals surface area (Å²) in [5.74, 6) is 0.666. The smallest absolute Gasteiger partial charge is 0.254 e. The van der Waals surface area contributed by atoms with E-state index in [-0.39, 0.29) is 5.91 Å². The van der Waals surface area contributed by atoms with E-state index in [1.165, 1.54) is 6.33 Å². The lowest BCUT2D eigenvalue weighted by molar-refractivity contribution is 0.0780. The van der Waals surface area contributed by atoms with Crippen LogP contribution in [0.15, 0.2) is 29.4 Å². The minimum atomic E-state index is -0.00944. The molecule has 0 atom stereocenters. The van der Waals surface area contributed by atoms with Gasteiger partial charge in [-0.3, -0.25) is 9.89 Å². The van der Waals surface area contributed by atoms with E-state index in [2.05, 4.69) is 15.2 Å². The number of aromatic nitrogens is 3. The SMILES string of the molecule is CSc1ccc(C)c(C(=O)N(C)Cc2ncn[nH]2)c1. The van der Waals surface area contributed by atoms with Crippen LogP contribution in [-0.4, -0.2) is 39.3 Å². The summed E-state index contributed by atoms with van der Waals surface area (Å²) in [4.78, 5) is 19.2. The van der Waals surface area contributed by atoms with Gasteiger partial charge in [-0.2, -0.15) is 5.10 Å². The number of amides is 1. The van der Waals surface area contributed by atoms with E-state index < -0.39 is 0 Å². The van der Waals surface area contributed by atoms with E-state index in [1.54, 1.807) is 23.7 Å². The van der Waals surface area contributed by atoms with Crippen LogP contribution < -0.4 is 0 Å². The zero-order chi connectivity index (χ0) is 13.8. The van der Waals surface area contributed by atoms with Crippen molar-refractivity contribution in [2.45, 2.75) is 18.4 Å². The van der Waals surface area contributed by atoms with Crippen molar-refractivity contribution in [1.82, 2.24) is 20.1 Å². The second-order valence-electron chi connectivity index (χ2n) is 4.27. The molecule has 0 saturated carbocycles. The van der Waals surface area contributed by atoms with E-state index in [9.17, 15) is 4.79 Å². The molecule has 0 bridgehead atoms. The summed E-state index contributed by atoms with van der Waals surface area (Å²) in [5, 5.41) is 6.53. The average molecular weight is 276 g/mol. The number of carbonyl (C=O) groups is 1. The van der Waals surface area contributed by atoms with E-state index in [0.717, 1.165) is 16.0 Å². The largest absolute Gasteiger partial charge is 0.334 e. The lowest BCUT2D eigenvalue weighted by Crippen LogP contribution is -2.27. The van der Waals surface area contributed by atoms with Crippen molar-refractivity contribution in [3.05, 3.63) is 41.5 Å². The van der Waals surface area contributed by atoms with Crippen molar-refractivity contribution in [3.8, 4) is 0 Å². The highest BCUT2D eigenvalue weighted by Gasteiger charge is 2.15. The van der Waals surface area contributed by atoms with Gasteiger partial charge in [-0.1, -0.05) is 6.07 Å². The minimum absolute atomic E-state index is 0.00944. The zero-order valence-corrected chi connectivity index (χ0v) is 12.0. The number of aromatic amines is 1. The predicted molar refractivity (Wildman–Crippen MR) is 75.1 cm³/mol. The van der Waals surface area contributed by atoms with Crippen LogP contribution in [-0.2, 0) is 6.54 Å². The van der Waals surface area contributed by atoms with Crippen molar-refractivity contribution in [2.75, 3.05) is 13.3 Å². The summed E-state index contributed by atoms with van der Waals surface area (Å²) in [6, 6.07) is 5.92. The average Bonchev–Trinajstić information content (AvgIpc) is 2.91. The van der Waals surface area contributed by atoms with Crippen LogP contribution in [0.25, 0.3) is 0 Å². The summed E-state index contributed by atoms with van der Waals surface area (Å²) in [5.41, 5.74) is 1.71. The van der Waals surface area contributed by atoms with Crippen molar-refractivity contribution >= 4 is 17.7 Å². The maximum Gasteiger partial charge on any atom is 0.254 e.